The number of morpholine rings is 1. The van der Waals surface area contributed by atoms with Crippen LogP contribution in [0.4, 0.5) is 5.69 Å². The van der Waals surface area contributed by atoms with Gasteiger partial charge in [-0.05, 0) is 24.3 Å². The van der Waals surface area contributed by atoms with Gasteiger partial charge in [0.15, 0.2) is 5.78 Å². The molecule has 1 saturated heterocycles. The molecule has 0 spiro atoms. The Bertz CT molecular complexity index is 436. The molecule has 0 unspecified atom stereocenters. The zero-order chi connectivity index (χ0) is 13.9. The number of halogens is 1. The summed E-state index contributed by atoms with van der Waals surface area (Å²) in [5.74, 6) is 0.424. The van der Waals surface area contributed by atoms with Gasteiger partial charge in [0.05, 0.1) is 13.2 Å². The fraction of sp³-hybridized carbons (Fsp3) is 0.533. The van der Waals surface area contributed by atoms with Crippen molar-refractivity contribution in [3.05, 3.63) is 29.8 Å². The first-order chi connectivity index (χ1) is 9.04. The number of Topliss-reactive ketones (excluding diaryl/α,β-unsaturated/α-hetero) is 1. The quantitative estimate of drug-likeness (QED) is 0.628. The Kier molecular flexibility index (Phi) is 4.48. The van der Waals surface area contributed by atoms with E-state index in [1.807, 2.05) is 38.1 Å². The largest absolute Gasteiger partial charge is 0.378 e. The van der Waals surface area contributed by atoms with Gasteiger partial charge in [0.2, 0.25) is 0 Å². The van der Waals surface area contributed by atoms with Gasteiger partial charge in [0, 0.05) is 35.6 Å². The maximum absolute atomic E-state index is 12.3. The van der Waals surface area contributed by atoms with Crippen LogP contribution in [0.3, 0.4) is 0 Å². The molecule has 0 aliphatic carbocycles. The molecule has 0 atom stereocenters. The zero-order valence-electron chi connectivity index (χ0n) is 11.5. The van der Waals surface area contributed by atoms with E-state index in [4.69, 9.17) is 16.3 Å². The van der Waals surface area contributed by atoms with Crippen LogP contribution < -0.4 is 4.90 Å². The maximum atomic E-state index is 12.3. The summed E-state index contributed by atoms with van der Waals surface area (Å²) in [7, 11) is 0. The van der Waals surface area contributed by atoms with Crippen LogP contribution in [0.5, 0.6) is 0 Å². The van der Waals surface area contributed by atoms with Crippen molar-refractivity contribution >= 4 is 23.1 Å². The molecule has 1 aliphatic heterocycles. The van der Waals surface area contributed by atoms with Crippen molar-refractivity contribution in [2.45, 2.75) is 13.8 Å². The average molecular weight is 282 g/mol. The van der Waals surface area contributed by atoms with Crippen molar-refractivity contribution < 1.29 is 9.53 Å². The lowest BCUT2D eigenvalue weighted by atomic mass is 9.86. The minimum Gasteiger partial charge on any atom is -0.378 e. The first-order valence-corrected chi connectivity index (χ1v) is 7.11. The van der Waals surface area contributed by atoms with Crippen molar-refractivity contribution in [2.24, 2.45) is 5.41 Å². The van der Waals surface area contributed by atoms with E-state index in [1.54, 1.807) is 0 Å². The summed E-state index contributed by atoms with van der Waals surface area (Å²) in [6.07, 6.45) is 0. The minimum atomic E-state index is -0.512. The van der Waals surface area contributed by atoms with Gasteiger partial charge in [-0.3, -0.25) is 4.79 Å². The summed E-state index contributed by atoms with van der Waals surface area (Å²) >= 11 is 5.85. The number of hydrogen-bond acceptors (Lipinski definition) is 3. The van der Waals surface area contributed by atoms with Gasteiger partial charge in [-0.15, -0.1) is 11.6 Å². The maximum Gasteiger partial charge on any atom is 0.169 e. The number of nitrogens with zero attached hydrogens (tertiary/aromatic N) is 1. The van der Waals surface area contributed by atoms with Gasteiger partial charge in [0.1, 0.15) is 0 Å². The zero-order valence-corrected chi connectivity index (χ0v) is 12.2. The Morgan fingerprint density at radius 2 is 1.84 bits per heavy atom. The van der Waals surface area contributed by atoms with Crippen molar-refractivity contribution in [2.75, 3.05) is 37.1 Å². The lowest BCUT2D eigenvalue weighted by Crippen LogP contribution is -2.36. The molecule has 1 aromatic rings. The molecule has 1 heterocycles. The monoisotopic (exact) mass is 281 g/mol. The normalized spacial score (nSPS) is 16.5. The molecule has 4 heteroatoms. The van der Waals surface area contributed by atoms with E-state index < -0.39 is 5.41 Å². The molecule has 0 radical (unpaired) electrons. The Hall–Kier alpha value is -1.06. The molecule has 1 aliphatic rings. The number of carbonyl (C=O) groups excluding carboxylic acids is 1. The van der Waals surface area contributed by atoms with Gasteiger partial charge in [-0.25, -0.2) is 0 Å². The third-order valence-corrected chi connectivity index (χ3v) is 4.12. The van der Waals surface area contributed by atoms with Gasteiger partial charge < -0.3 is 9.64 Å². The standard InChI is InChI=1S/C15H20ClNO2/c1-15(2,11-16)14(18)12-3-5-13(6-4-12)17-7-9-19-10-8-17/h3-6H,7-11H2,1-2H3. The number of benzene rings is 1. The second-order valence-corrected chi connectivity index (χ2v) is 5.76. The Morgan fingerprint density at radius 3 is 2.37 bits per heavy atom. The van der Waals surface area contributed by atoms with E-state index in [-0.39, 0.29) is 5.78 Å². The van der Waals surface area contributed by atoms with E-state index in [1.165, 1.54) is 0 Å². The third-order valence-electron chi connectivity index (χ3n) is 3.45. The van der Waals surface area contributed by atoms with E-state index >= 15 is 0 Å². The van der Waals surface area contributed by atoms with Crippen LogP contribution in [0.25, 0.3) is 0 Å². The molecule has 0 saturated carbocycles. The third kappa shape index (κ3) is 3.28. The highest BCUT2D eigenvalue weighted by Gasteiger charge is 2.27. The highest BCUT2D eigenvalue weighted by Crippen LogP contribution is 2.25. The van der Waals surface area contributed by atoms with Crippen molar-refractivity contribution in [1.29, 1.82) is 0 Å². The highest BCUT2D eigenvalue weighted by atomic mass is 35.5. The molecular formula is C15H20ClNO2. The molecular weight excluding hydrogens is 262 g/mol. The van der Waals surface area contributed by atoms with Crippen LogP contribution >= 0.6 is 11.6 Å². The first kappa shape index (κ1) is 14.4. The lowest BCUT2D eigenvalue weighted by molar-refractivity contribution is 0.0862. The molecule has 3 nitrogen and oxygen atoms in total. The van der Waals surface area contributed by atoms with E-state index in [9.17, 15) is 4.79 Å². The Labute approximate surface area is 119 Å². The van der Waals surface area contributed by atoms with Crippen LogP contribution in [-0.4, -0.2) is 38.0 Å². The van der Waals surface area contributed by atoms with Gasteiger partial charge >= 0.3 is 0 Å². The van der Waals surface area contributed by atoms with Crippen molar-refractivity contribution in [3.63, 3.8) is 0 Å². The predicted molar refractivity (Wildman–Crippen MR) is 78.3 cm³/mol. The summed E-state index contributed by atoms with van der Waals surface area (Å²) in [6, 6.07) is 7.79. The van der Waals surface area contributed by atoms with Crippen LogP contribution in [0.2, 0.25) is 0 Å². The summed E-state index contributed by atoms with van der Waals surface area (Å²) < 4.78 is 5.33. The number of hydrogen-bond donors (Lipinski definition) is 0. The number of carbonyl (C=O) groups is 1. The van der Waals surface area contributed by atoms with Crippen LogP contribution in [0.1, 0.15) is 24.2 Å². The minimum absolute atomic E-state index is 0.0935. The molecule has 104 valence electrons. The SMILES string of the molecule is CC(C)(CCl)C(=O)c1ccc(N2CCOCC2)cc1. The number of rotatable bonds is 4. The molecule has 1 aromatic carbocycles. The molecule has 2 rings (SSSR count). The molecule has 19 heavy (non-hydrogen) atoms. The molecule has 0 aromatic heterocycles. The van der Waals surface area contributed by atoms with Gasteiger partial charge in [-0.1, -0.05) is 13.8 Å². The van der Waals surface area contributed by atoms with Crippen LogP contribution in [0, 0.1) is 5.41 Å². The smallest absolute Gasteiger partial charge is 0.169 e. The fourth-order valence-corrected chi connectivity index (χ4v) is 2.22. The summed E-state index contributed by atoms with van der Waals surface area (Å²) in [5.41, 5.74) is 1.35. The molecule has 0 amide bonds. The van der Waals surface area contributed by atoms with Crippen molar-refractivity contribution in [3.8, 4) is 0 Å². The van der Waals surface area contributed by atoms with Crippen LogP contribution in [-0.2, 0) is 4.74 Å². The van der Waals surface area contributed by atoms with Crippen LogP contribution in [0.15, 0.2) is 24.3 Å². The van der Waals surface area contributed by atoms with E-state index in [0.29, 0.717) is 5.88 Å². The second-order valence-electron chi connectivity index (χ2n) is 5.49. The van der Waals surface area contributed by atoms with E-state index in [0.717, 1.165) is 37.6 Å². The predicted octanol–water partition coefficient (Wildman–Crippen LogP) is 2.97. The molecule has 0 N–H and O–H groups in total. The Balaban J connectivity index is 2.12. The molecule has 1 fully saturated rings. The molecule has 0 bridgehead atoms. The summed E-state index contributed by atoms with van der Waals surface area (Å²) in [6.45, 7) is 7.08. The second kappa shape index (κ2) is 5.93. The lowest BCUT2D eigenvalue weighted by Gasteiger charge is -2.29. The number of ketones is 1. The average Bonchev–Trinajstić information content (AvgIpc) is 2.47. The topological polar surface area (TPSA) is 29.5 Å². The highest BCUT2D eigenvalue weighted by molar-refractivity contribution is 6.21. The number of alkyl halides is 1. The van der Waals surface area contributed by atoms with E-state index in [2.05, 4.69) is 4.90 Å². The summed E-state index contributed by atoms with van der Waals surface area (Å²) in [4.78, 5) is 14.5. The first-order valence-electron chi connectivity index (χ1n) is 6.58. The fourth-order valence-electron chi connectivity index (χ4n) is 2.10. The Morgan fingerprint density at radius 1 is 1.26 bits per heavy atom. The number of ether oxygens (including phenoxy) is 1. The number of anilines is 1. The van der Waals surface area contributed by atoms with Crippen molar-refractivity contribution in [1.82, 2.24) is 0 Å². The summed E-state index contributed by atoms with van der Waals surface area (Å²) in [5, 5.41) is 0. The van der Waals surface area contributed by atoms with Gasteiger partial charge in [0.25, 0.3) is 0 Å². The van der Waals surface area contributed by atoms with Gasteiger partial charge in [-0.2, -0.15) is 0 Å².